The second-order valence-corrected chi connectivity index (χ2v) is 8.65. The Morgan fingerprint density at radius 2 is 0.867 bits per heavy atom. The predicted octanol–water partition coefficient (Wildman–Crippen LogP) is 9.54. The van der Waals surface area contributed by atoms with Crippen LogP contribution in [-0.2, 0) is 9.47 Å². The zero-order valence-electron chi connectivity index (χ0n) is 20.4. The van der Waals surface area contributed by atoms with Crippen molar-refractivity contribution in [2.45, 2.75) is 142 Å². The molecule has 0 unspecified atom stereocenters. The molecule has 0 saturated heterocycles. The molecule has 178 valence electrons. The van der Waals surface area contributed by atoms with Gasteiger partial charge in [-0.3, -0.25) is 0 Å². The second-order valence-electron chi connectivity index (χ2n) is 8.65. The van der Waals surface area contributed by atoms with Crippen molar-refractivity contribution in [3.8, 4) is 0 Å². The van der Waals surface area contributed by atoms with Gasteiger partial charge >= 0.3 is 6.16 Å². The van der Waals surface area contributed by atoms with Crippen molar-refractivity contribution in [2.24, 2.45) is 0 Å². The lowest BCUT2D eigenvalue weighted by Crippen LogP contribution is -2.09. The van der Waals surface area contributed by atoms with Crippen molar-refractivity contribution in [2.75, 3.05) is 13.2 Å². The van der Waals surface area contributed by atoms with Gasteiger partial charge in [-0.15, -0.1) is 0 Å². The second kappa shape index (κ2) is 26.0. The molecule has 0 aliphatic rings. The zero-order chi connectivity index (χ0) is 22.0. The van der Waals surface area contributed by atoms with E-state index in [0.717, 1.165) is 25.7 Å². The van der Waals surface area contributed by atoms with Crippen LogP contribution < -0.4 is 0 Å². The number of rotatable bonds is 23. The molecule has 0 aliphatic carbocycles. The molecule has 0 heterocycles. The average Bonchev–Trinajstić information content (AvgIpc) is 2.75. The molecule has 0 radical (unpaired) electrons. The van der Waals surface area contributed by atoms with Gasteiger partial charge in [-0.25, -0.2) is 4.79 Å². The summed E-state index contributed by atoms with van der Waals surface area (Å²) in [6.45, 7) is 5.50. The molecule has 0 atom stereocenters. The average molecular weight is 425 g/mol. The van der Waals surface area contributed by atoms with Crippen LogP contribution >= 0.6 is 0 Å². The van der Waals surface area contributed by atoms with Gasteiger partial charge in [0.1, 0.15) is 0 Å². The number of carbonyl (C=O) groups is 1. The summed E-state index contributed by atoms with van der Waals surface area (Å²) in [5.41, 5.74) is 0. The Labute approximate surface area is 188 Å². The summed E-state index contributed by atoms with van der Waals surface area (Å²) in [6.07, 6.45) is 29.3. The SMILES string of the molecule is CCCCC=CCCCCCCCCOC(=O)OCCCCCCCCCCCC. The summed E-state index contributed by atoms with van der Waals surface area (Å²) in [5, 5.41) is 0. The number of carbonyl (C=O) groups excluding carboxylic acids is 1. The van der Waals surface area contributed by atoms with Crippen LogP contribution in [0.5, 0.6) is 0 Å². The largest absolute Gasteiger partial charge is 0.508 e. The Morgan fingerprint density at radius 1 is 0.500 bits per heavy atom. The van der Waals surface area contributed by atoms with Crippen molar-refractivity contribution >= 4 is 6.16 Å². The van der Waals surface area contributed by atoms with E-state index in [0.29, 0.717) is 13.2 Å². The summed E-state index contributed by atoms with van der Waals surface area (Å²) in [5.74, 6) is 0. The molecule has 0 aromatic heterocycles. The standard InChI is InChI=1S/C27H52O3/c1-3-5-7-9-11-13-15-16-18-20-22-24-26-30-27(28)29-25-23-21-19-17-14-12-10-8-6-4-2/h9,11H,3-8,10,12-26H2,1-2H3. The van der Waals surface area contributed by atoms with Gasteiger partial charge in [0, 0.05) is 0 Å². The van der Waals surface area contributed by atoms with Crippen molar-refractivity contribution in [3.05, 3.63) is 12.2 Å². The number of unbranched alkanes of at least 4 members (excludes halogenated alkanes) is 17. The maximum Gasteiger partial charge on any atom is 0.508 e. The smallest absolute Gasteiger partial charge is 0.434 e. The summed E-state index contributed by atoms with van der Waals surface area (Å²) < 4.78 is 10.3. The Hall–Kier alpha value is -0.990. The van der Waals surface area contributed by atoms with E-state index in [4.69, 9.17) is 9.47 Å². The van der Waals surface area contributed by atoms with Crippen LogP contribution in [0.4, 0.5) is 4.79 Å². The fourth-order valence-electron chi connectivity index (χ4n) is 3.57. The highest BCUT2D eigenvalue weighted by Gasteiger charge is 2.03. The maximum absolute atomic E-state index is 11.6. The van der Waals surface area contributed by atoms with Crippen LogP contribution in [0.1, 0.15) is 142 Å². The van der Waals surface area contributed by atoms with Gasteiger partial charge < -0.3 is 9.47 Å². The lowest BCUT2D eigenvalue weighted by Gasteiger charge is -2.06. The van der Waals surface area contributed by atoms with E-state index in [1.165, 1.54) is 103 Å². The van der Waals surface area contributed by atoms with E-state index in [2.05, 4.69) is 26.0 Å². The fraction of sp³-hybridized carbons (Fsp3) is 0.889. The molecular formula is C27H52O3. The van der Waals surface area contributed by atoms with Crippen LogP contribution in [0.2, 0.25) is 0 Å². The number of hydrogen-bond donors (Lipinski definition) is 0. The van der Waals surface area contributed by atoms with E-state index in [-0.39, 0.29) is 0 Å². The van der Waals surface area contributed by atoms with Crippen molar-refractivity contribution in [3.63, 3.8) is 0 Å². The first-order valence-corrected chi connectivity index (χ1v) is 13.3. The van der Waals surface area contributed by atoms with Crippen molar-refractivity contribution in [1.29, 1.82) is 0 Å². The van der Waals surface area contributed by atoms with Gasteiger partial charge in [-0.05, 0) is 32.1 Å². The molecule has 30 heavy (non-hydrogen) atoms. The molecule has 0 fully saturated rings. The molecular weight excluding hydrogens is 372 g/mol. The Kier molecular flexibility index (Phi) is 25.2. The number of ether oxygens (including phenoxy) is 2. The first-order valence-electron chi connectivity index (χ1n) is 13.3. The molecule has 0 amide bonds. The first-order chi connectivity index (χ1) is 14.8. The minimum Gasteiger partial charge on any atom is -0.434 e. The van der Waals surface area contributed by atoms with Gasteiger partial charge in [0.25, 0.3) is 0 Å². The fourth-order valence-corrected chi connectivity index (χ4v) is 3.57. The molecule has 0 rings (SSSR count). The summed E-state index contributed by atoms with van der Waals surface area (Å²) >= 11 is 0. The monoisotopic (exact) mass is 424 g/mol. The van der Waals surface area contributed by atoms with E-state index in [1.807, 2.05) is 0 Å². The Bertz CT molecular complexity index is 365. The highest BCUT2D eigenvalue weighted by atomic mass is 16.7. The summed E-state index contributed by atoms with van der Waals surface area (Å²) in [7, 11) is 0. The minimum atomic E-state index is -0.485. The molecule has 0 saturated carbocycles. The minimum absolute atomic E-state index is 0.485. The lowest BCUT2D eigenvalue weighted by atomic mass is 10.1. The Morgan fingerprint density at radius 3 is 1.33 bits per heavy atom. The summed E-state index contributed by atoms with van der Waals surface area (Å²) in [4.78, 5) is 11.6. The van der Waals surface area contributed by atoms with E-state index >= 15 is 0 Å². The third kappa shape index (κ3) is 25.0. The van der Waals surface area contributed by atoms with Crippen molar-refractivity contribution in [1.82, 2.24) is 0 Å². The van der Waals surface area contributed by atoms with Gasteiger partial charge in [-0.2, -0.15) is 0 Å². The third-order valence-electron chi connectivity index (χ3n) is 5.59. The number of hydrogen-bond acceptors (Lipinski definition) is 3. The topological polar surface area (TPSA) is 35.5 Å². The zero-order valence-corrected chi connectivity index (χ0v) is 20.4. The van der Waals surface area contributed by atoms with Crippen LogP contribution in [0.15, 0.2) is 12.2 Å². The van der Waals surface area contributed by atoms with Crippen LogP contribution in [-0.4, -0.2) is 19.4 Å². The van der Waals surface area contributed by atoms with E-state index in [9.17, 15) is 4.79 Å². The van der Waals surface area contributed by atoms with Gasteiger partial charge in [0.15, 0.2) is 0 Å². The van der Waals surface area contributed by atoms with Crippen LogP contribution in [0.25, 0.3) is 0 Å². The normalized spacial score (nSPS) is 11.3. The van der Waals surface area contributed by atoms with Gasteiger partial charge in [0.2, 0.25) is 0 Å². The lowest BCUT2D eigenvalue weighted by molar-refractivity contribution is 0.0529. The third-order valence-corrected chi connectivity index (χ3v) is 5.59. The van der Waals surface area contributed by atoms with Crippen LogP contribution in [0, 0.1) is 0 Å². The highest BCUT2D eigenvalue weighted by molar-refractivity contribution is 5.59. The molecule has 0 aliphatic heterocycles. The van der Waals surface area contributed by atoms with E-state index in [1.54, 1.807) is 0 Å². The van der Waals surface area contributed by atoms with E-state index < -0.39 is 6.16 Å². The molecule has 0 aromatic rings. The molecule has 0 N–H and O–H groups in total. The molecule has 3 heteroatoms. The van der Waals surface area contributed by atoms with Crippen LogP contribution in [0.3, 0.4) is 0 Å². The number of allylic oxidation sites excluding steroid dienone is 2. The molecule has 0 spiro atoms. The quantitative estimate of drug-likeness (QED) is 0.0930. The first kappa shape index (κ1) is 29.0. The predicted molar refractivity (Wildman–Crippen MR) is 130 cm³/mol. The van der Waals surface area contributed by atoms with Gasteiger partial charge in [0.05, 0.1) is 13.2 Å². The highest BCUT2D eigenvalue weighted by Crippen LogP contribution is 2.11. The summed E-state index contributed by atoms with van der Waals surface area (Å²) in [6, 6.07) is 0. The Balaban J connectivity index is 3.18. The molecule has 0 aromatic carbocycles. The van der Waals surface area contributed by atoms with Gasteiger partial charge in [-0.1, -0.05) is 122 Å². The molecule has 3 nitrogen and oxygen atoms in total. The maximum atomic E-state index is 11.6. The molecule has 0 bridgehead atoms. The van der Waals surface area contributed by atoms with Crippen molar-refractivity contribution < 1.29 is 14.3 Å².